The van der Waals surface area contributed by atoms with Gasteiger partial charge in [-0.05, 0) is 6.07 Å². The van der Waals surface area contributed by atoms with E-state index in [2.05, 4.69) is 5.32 Å². The predicted octanol–water partition coefficient (Wildman–Crippen LogP) is 1.22. The summed E-state index contributed by atoms with van der Waals surface area (Å²) >= 11 is 1.15. The highest BCUT2D eigenvalue weighted by molar-refractivity contribution is 7.15. The third kappa shape index (κ3) is 4.49. The Bertz CT molecular complexity index is 403. The lowest BCUT2D eigenvalue weighted by Crippen LogP contribution is -2.26. The Labute approximate surface area is 103 Å². The van der Waals surface area contributed by atoms with E-state index in [0.717, 1.165) is 16.2 Å². The molecule has 1 N–H and O–H groups in total. The Morgan fingerprint density at radius 1 is 1.53 bits per heavy atom. The van der Waals surface area contributed by atoms with Gasteiger partial charge in [0, 0.05) is 44.5 Å². The van der Waals surface area contributed by atoms with Crippen molar-refractivity contribution in [3.05, 3.63) is 27.1 Å². The van der Waals surface area contributed by atoms with Gasteiger partial charge in [0.05, 0.1) is 4.92 Å². The maximum Gasteiger partial charge on any atom is 0.324 e. The van der Waals surface area contributed by atoms with Gasteiger partial charge in [-0.1, -0.05) is 11.3 Å². The van der Waals surface area contributed by atoms with Crippen molar-refractivity contribution in [2.75, 3.05) is 20.6 Å². The molecule has 0 saturated carbocycles. The standard InChI is InChI=1S/C10H15N3O3S/c1-12(2)9(14)5-6-11-7-8-3-4-10(17-8)13(15)16/h3-4,11H,5-7H2,1-2H3. The van der Waals surface area contributed by atoms with E-state index in [1.54, 1.807) is 20.2 Å². The van der Waals surface area contributed by atoms with Crippen LogP contribution in [0.5, 0.6) is 0 Å². The van der Waals surface area contributed by atoms with Crippen LogP contribution in [0.1, 0.15) is 11.3 Å². The van der Waals surface area contributed by atoms with E-state index in [0.29, 0.717) is 19.5 Å². The molecular formula is C10H15N3O3S. The molecule has 94 valence electrons. The smallest absolute Gasteiger partial charge is 0.324 e. The molecule has 1 aromatic rings. The highest BCUT2D eigenvalue weighted by Crippen LogP contribution is 2.23. The van der Waals surface area contributed by atoms with Crippen molar-refractivity contribution >= 4 is 22.2 Å². The minimum absolute atomic E-state index is 0.0645. The molecule has 1 amide bonds. The van der Waals surface area contributed by atoms with Crippen LogP contribution in [-0.2, 0) is 11.3 Å². The number of hydrogen-bond donors (Lipinski definition) is 1. The molecular weight excluding hydrogens is 242 g/mol. The molecule has 0 aliphatic rings. The van der Waals surface area contributed by atoms with Crippen LogP contribution in [0, 0.1) is 10.1 Å². The van der Waals surface area contributed by atoms with Crippen LogP contribution < -0.4 is 5.32 Å². The third-order valence-corrected chi connectivity index (χ3v) is 3.18. The molecule has 0 saturated heterocycles. The van der Waals surface area contributed by atoms with Gasteiger partial charge in [-0.15, -0.1) is 0 Å². The van der Waals surface area contributed by atoms with Crippen molar-refractivity contribution in [2.24, 2.45) is 0 Å². The Morgan fingerprint density at radius 2 is 2.24 bits per heavy atom. The zero-order valence-corrected chi connectivity index (χ0v) is 10.6. The van der Waals surface area contributed by atoms with Crippen molar-refractivity contribution in [1.29, 1.82) is 0 Å². The van der Waals surface area contributed by atoms with Crippen molar-refractivity contribution < 1.29 is 9.72 Å². The predicted molar refractivity (Wildman–Crippen MR) is 66.0 cm³/mol. The third-order valence-electron chi connectivity index (χ3n) is 2.14. The molecule has 1 rings (SSSR count). The van der Waals surface area contributed by atoms with Crippen LogP contribution in [0.3, 0.4) is 0 Å². The van der Waals surface area contributed by atoms with Gasteiger partial charge < -0.3 is 10.2 Å². The van der Waals surface area contributed by atoms with Crippen molar-refractivity contribution in [2.45, 2.75) is 13.0 Å². The molecule has 0 radical (unpaired) electrons. The number of carbonyl (C=O) groups is 1. The van der Waals surface area contributed by atoms with Gasteiger partial charge >= 0.3 is 5.00 Å². The fourth-order valence-electron chi connectivity index (χ4n) is 1.19. The quantitative estimate of drug-likeness (QED) is 0.472. The fourth-order valence-corrected chi connectivity index (χ4v) is 1.98. The molecule has 17 heavy (non-hydrogen) atoms. The second-order valence-electron chi connectivity index (χ2n) is 3.71. The maximum atomic E-state index is 11.2. The molecule has 0 unspecified atom stereocenters. The first-order chi connectivity index (χ1) is 8.00. The number of hydrogen-bond acceptors (Lipinski definition) is 5. The van der Waals surface area contributed by atoms with Gasteiger partial charge in [-0.2, -0.15) is 0 Å². The molecule has 0 bridgehead atoms. The SMILES string of the molecule is CN(C)C(=O)CCNCc1ccc([N+](=O)[O-])s1. The van der Waals surface area contributed by atoms with E-state index < -0.39 is 4.92 Å². The summed E-state index contributed by atoms with van der Waals surface area (Å²) in [7, 11) is 3.43. The molecule has 0 fully saturated rings. The van der Waals surface area contributed by atoms with Gasteiger partial charge in [0.2, 0.25) is 5.91 Å². The average Bonchev–Trinajstić information content (AvgIpc) is 2.72. The van der Waals surface area contributed by atoms with Gasteiger partial charge in [-0.3, -0.25) is 14.9 Å². The summed E-state index contributed by atoms with van der Waals surface area (Å²) in [4.78, 5) is 23.7. The van der Waals surface area contributed by atoms with Crippen molar-refractivity contribution in [3.63, 3.8) is 0 Å². The van der Waals surface area contributed by atoms with E-state index in [1.165, 1.54) is 11.0 Å². The summed E-state index contributed by atoms with van der Waals surface area (Å²) in [5, 5.41) is 13.7. The number of nitrogens with one attached hydrogen (secondary N) is 1. The molecule has 7 heteroatoms. The summed E-state index contributed by atoms with van der Waals surface area (Å²) in [6.45, 7) is 1.13. The van der Waals surface area contributed by atoms with E-state index in [9.17, 15) is 14.9 Å². The van der Waals surface area contributed by atoms with Gasteiger partial charge in [0.1, 0.15) is 0 Å². The number of rotatable bonds is 6. The number of nitrogens with zero attached hydrogens (tertiary/aromatic N) is 2. The molecule has 1 aromatic heterocycles. The Balaban J connectivity index is 2.26. The molecule has 1 heterocycles. The fraction of sp³-hybridized carbons (Fsp3) is 0.500. The van der Waals surface area contributed by atoms with Crippen LogP contribution >= 0.6 is 11.3 Å². The molecule has 0 aliphatic carbocycles. The minimum Gasteiger partial charge on any atom is -0.349 e. The maximum absolute atomic E-state index is 11.2. The van der Waals surface area contributed by atoms with Crippen LogP contribution in [-0.4, -0.2) is 36.4 Å². The molecule has 0 atom stereocenters. The number of amides is 1. The first kappa shape index (κ1) is 13.6. The Kier molecular flexibility index (Phi) is 5.05. The summed E-state index contributed by atoms with van der Waals surface area (Å²) in [5.41, 5.74) is 0. The lowest BCUT2D eigenvalue weighted by molar-refractivity contribution is -0.380. The van der Waals surface area contributed by atoms with Gasteiger partial charge in [0.25, 0.3) is 0 Å². The zero-order chi connectivity index (χ0) is 12.8. The lowest BCUT2D eigenvalue weighted by atomic mass is 10.3. The second kappa shape index (κ2) is 6.31. The van der Waals surface area contributed by atoms with Crippen LogP contribution in [0.25, 0.3) is 0 Å². The molecule has 6 nitrogen and oxygen atoms in total. The highest BCUT2D eigenvalue weighted by atomic mass is 32.1. The van der Waals surface area contributed by atoms with Crippen LogP contribution in [0.4, 0.5) is 5.00 Å². The summed E-state index contributed by atoms with van der Waals surface area (Å²) < 4.78 is 0. The van der Waals surface area contributed by atoms with Crippen LogP contribution in [0.15, 0.2) is 12.1 Å². The highest BCUT2D eigenvalue weighted by Gasteiger charge is 2.09. The first-order valence-corrected chi connectivity index (χ1v) is 5.96. The van der Waals surface area contributed by atoms with Crippen LogP contribution in [0.2, 0.25) is 0 Å². The molecule has 0 spiro atoms. The zero-order valence-electron chi connectivity index (χ0n) is 9.80. The largest absolute Gasteiger partial charge is 0.349 e. The van der Waals surface area contributed by atoms with Crippen molar-refractivity contribution in [1.82, 2.24) is 10.2 Å². The molecule has 0 aliphatic heterocycles. The Morgan fingerprint density at radius 3 is 2.76 bits per heavy atom. The van der Waals surface area contributed by atoms with Gasteiger partial charge in [0.15, 0.2) is 0 Å². The monoisotopic (exact) mass is 257 g/mol. The van der Waals surface area contributed by atoms with E-state index in [1.807, 2.05) is 0 Å². The summed E-state index contributed by atoms with van der Waals surface area (Å²) in [6.07, 6.45) is 0.431. The normalized spacial score (nSPS) is 10.2. The summed E-state index contributed by atoms with van der Waals surface area (Å²) in [6, 6.07) is 3.22. The second-order valence-corrected chi connectivity index (χ2v) is 4.86. The van der Waals surface area contributed by atoms with Crippen molar-refractivity contribution in [3.8, 4) is 0 Å². The average molecular weight is 257 g/mol. The number of carbonyl (C=O) groups excluding carboxylic acids is 1. The topological polar surface area (TPSA) is 75.5 Å². The van der Waals surface area contributed by atoms with E-state index in [4.69, 9.17) is 0 Å². The summed E-state index contributed by atoms with van der Waals surface area (Å²) in [5.74, 6) is 0.0645. The number of thiophene rings is 1. The Hall–Kier alpha value is -1.47. The molecule has 0 aromatic carbocycles. The van der Waals surface area contributed by atoms with E-state index >= 15 is 0 Å². The number of nitro groups is 1. The minimum atomic E-state index is -0.399. The first-order valence-electron chi connectivity index (χ1n) is 5.14. The van der Waals surface area contributed by atoms with E-state index in [-0.39, 0.29) is 10.9 Å². The lowest BCUT2D eigenvalue weighted by Gasteiger charge is -2.09. The van der Waals surface area contributed by atoms with Gasteiger partial charge in [-0.25, -0.2) is 0 Å².